The highest BCUT2D eigenvalue weighted by Crippen LogP contribution is 2.34. The molecule has 3 amide bonds. The SMILES string of the molecule is CC1C(=O)N(c2ccc([N+](=O)[O-])cc2)C(=O)N1C1CCC1. The fraction of sp³-hybridized carbons (Fsp3) is 0.429. The summed E-state index contributed by atoms with van der Waals surface area (Å²) in [5, 5.41) is 10.7. The van der Waals surface area contributed by atoms with Crippen LogP contribution in [-0.2, 0) is 4.79 Å². The van der Waals surface area contributed by atoms with Crippen LogP contribution < -0.4 is 4.90 Å². The third kappa shape index (κ3) is 2.05. The van der Waals surface area contributed by atoms with Crippen LogP contribution >= 0.6 is 0 Å². The predicted octanol–water partition coefficient (Wildman–Crippen LogP) is 2.30. The van der Waals surface area contributed by atoms with Gasteiger partial charge in [0, 0.05) is 18.2 Å². The van der Waals surface area contributed by atoms with Crippen molar-refractivity contribution in [2.75, 3.05) is 4.90 Å². The van der Waals surface area contributed by atoms with E-state index in [0.717, 1.165) is 24.2 Å². The minimum Gasteiger partial charge on any atom is -0.309 e. The van der Waals surface area contributed by atoms with Crippen LogP contribution in [0.15, 0.2) is 24.3 Å². The van der Waals surface area contributed by atoms with Gasteiger partial charge in [0.05, 0.1) is 10.6 Å². The van der Waals surface area contributed by atoms with Crippen LogP contribution in [0.5, 0.6) is 0 Å². The lowest BCUT2D eigenvalue weighted by Gasteiger charge is -2.35. The minimum absolute atomic E-state index is 0.0678. The summed E-state index contributed by atoms with van der Waals surface area (Å²) in [6.07, 6.45) is 2.93. The van der Waals surface area contributed by atoms with Crippen molar-refractivity contribution in [3.8, 4) is 0 Å². The minimum atomic E-state index is -0.513. The van der Waals surface area contributed by atoms with E-state index in [4.69, 9.17) is 0 Å². The summed E-state index contributed by atoms with van der Waals surface area (Å²) in [7, 11) is 0. The van der Waals surface area contributed by atoms with Gasteiger partial charge in [-0.05, 0) is 38.3 Å². The molecular weight excluding hydrogens is 274 g/mol. The molecular formula is C14H15N3O4. The van der Waals surface area contributed by atoms with Gasteiger partial charge < -0.3 is 4.90 Å². The summed E-state index contributed by atoms with van der Waals surface area (Å²) in [5.74, 6) is -0.277. The number of carbonyl (C=O) groups is 2. The normalized spacial score (nSPS) is 22.6. The van der Waals surface area contributed by atoms with Crippen molar-refractivity contribution in [3.05, 3.63) is 34.4 Å². The standard InChI is InChI=1S/C14H15N3O4/c1-9-13(18)16(14(19)15(9)10-3-2-4-10)11-5-7-12(8-6-11)17(20)21/h5-10H,2-4H2,1H3. The van der Waals surface area contributed by atoms with E-state index in [9.17, 15) is 19.7 Å². The van der Waals surface area contributed by atoms with Gasteiger partial charge in [-0.25, -0.2) is 9.69 Å². The van der Waals surface area contributed by atoms with Crippen molar-refractivity contribution < 1.29 is 14.5 Å². The lowest BCUT2D eigenvalue weighted by atomic mass is 9.91. The maximum absolute atomic E-state index is 12.5. The van der Waals surface area contributed by atoms with Crippen molar-refractivity contribution in [2.45, 2.75) is 38.3 Å². The van der Waals surface area contributed by atoms with Crippen molar-refractivity contribution >= 4 is 23.3 Å². The maximum atomic E-state index is 12.5. The van der Waals surface area contributed by atoms with Gasteiger partial charge in [-0.2, -0.15) is 0 Å². The number of rotatable bonds is 3. The lowest BCUT2D eigenvalue weighted by Crippen LogP contribution is -2.45. The van der Waals surface area contributed by atoms with E-state index in [0.29, 0.717) is 5.69 Å². The molecule has 1 aliphatic heterocycles. The Labute approximate surface area is 121 Å². The molecule has 1 heterocycles. The van der Waals surface area contributed by atoms with Gasteiger partial charge in [0.1, 0.15) is 6.04 Å². The zero-order valence-electron chi connectivity index (χ0n) is 11.6. The first-order chi connectivity index (χ1) is 10.0. The molecule has 1 atom stereocenters. The predicted molar refractivity (Wildman–Crippen MR) is 74.9 cm³/mol. The number of anilines is 1. The van der Waals surface area contributed by atoms with Crippen molar-refractivity contribution in [3.63, 3.8) is 0 Å². The quantitative estimate of drug-likeness (QED) is 0.485. The molecule has 0 N–H and O–H groups in total. The number of imide groups is 1. The average Bonchev–Trinajstić information content (AvgIpc) is 2.61. The molecule has 0 spiro atoms. The first-order valence-electron chi connectivity index (χ1n) is 6.91. The Morgan fingerprint density at radius 2 is 1.81 bits per heavy atom. The van der Waals surface area contributed by atoms with Crippen LogP contribution in [0.4, 0.5) is 16.2 Å². The molecule has 1 saturated carbocycles. The average molecular weight is 289 g/mol. The zero-order chi connectivity index (χ0) is 15.1. The Hall–Kier alpha value is -2.44. The molecule has 0 radical (unpaired) electrons. The van der Waals surface area contributed by atoms with Crippen LogP contribution in [0, 0.1) is 10.1 Å². The van der Waals surface area contributed by atoms with Crippen molar-refractivity contribution in [2.24, 2.45) is 0 Å². The fourth-order valence-electron chi connectivity index (χ4n) is 2.78. The van der Waals surface area contributed by atoms with E-state index in [1.165, 1.54) is 24.3 Å². The highest BCUT2D eigenvalue weighted by atomic mass is 16.6. The third-order valence-electron chi connectivity index (χ3n) is 4.19. The molecule has 0 bridgehead atoms. The first kappa shape index (κ1) is 13.5. The number of urea groups is 1. The van der Waals surface area contributed by atoms with Gasteiger partial charge in [-0.3, -0.25) is 14.9 Å². The van der Waals surface area contributed by atoms with Gasteiger partial charge in [0.25, 0.3) is 11.6 Å². The van der Waals surface area contributed by atoms with E-state index < -0.39 is 11.0 Å². The molecule has 3 rings (SSSR count). The van der Waals surface area contributed by atoms with Crippen LogP contribution in [0.3, 0.4) is 0 Å². The van der Waals surface area contributed by atoms with Crippen molar-refractivity contribution in [1.82, 2.24) is 4.90 Å². The summed E-state index contributed by atoms with van der Waals surface area (Å²) in [4.78, 5) is 37.7. The van der Waals surface area contributed by atoms with Gasteiger partial charge >= 0.3 is 6.03 Å². The van der Waals surface area contributed by atoms with E-state index in [2.05, 4.69) is 0 Å². The zero-order valence-corrected chi connectivity index (χ0v) is 11.6. The van der Waals surface area contributed by atoms with Crippen LogP contribution in [0.1, 0.15) is 26.2 Å². The summed E-state index contributed by atoms with van der Waals surface area (Å²) >= 11 is 0. The van der Waals surface area contributed by atoms with Crippen LogP contribution in [0.25, 0.3) is 0 Å². The summed E-state index contributed by atoms with van der Waals surface area (Å²) in [5.41, 5.74) is 0.311. The fourth-order valence-corrected chi connectivity index (χ4v) is 2.78. The molecule has 1 aliphatic carbocycles. The molecule has 7 nitrogen and oxygen atoms in total. The van der Waals surface area contributed by atoms with Crippen molar-refractivity contribution in [1.29, 1.82) is 0 Å². The van der Waals surface area contributed by atoms with E-state index >= 15 is 0 Å². The van der Waals surface area contributed by atoms with Crippen LogP contribution in [0.2, 0.25) is 0 Å². The Bertz CT molecular complexity index is 609. The summed E-state index contributed by atoms with van der Waals surface area (Å²) < 4.78 is 0. The van der Waals surface area contributed by atoms with E-state index in [1.807, 2.05) is 0 Å². The molecule has 0 aromatic heterocycles. The van der Waals surface area contributed by atoms with E-state index in [1.54, 1.807) is 11.8 Å². The second-order valence-corrected chi connectivity index (χ2v) is 5.40. The number of nitro benzene ring substituents is 1. The number of hydrogen-bond acceptors (Lipinski definition) is 4. The Kier molecular flexibility index (Phi) is 3.12. The monoisotopic (exact) mass is 289 g/mol. The lowest BCUT2D eigenvalue weighted by molar-refractivity contribution is -0.384. The van der Waals surface area contributed by atoms with Crippen LogP contribution in [-0.4, -0.2) is 33.8 Å². The Morgan fingerprint density at radius 1 is 1.19 bits per heavy atom. The number of benzene rings is 1. The molecule has 21 heavy (non-hydrogen) atoms. The van der Waals surface area contributed by atoms with Gasteiger partial charge in [0.2, 0.25) is 0 Å². The van der Waals surface area contributed by atoms with E-state index in [-0.39, 0.29) is 23.7 Å². The second kappa shape index (κ2) is 4.83. The smallest absolute Gasteiger partial charge is 0.309 e. The summed E-state index contributed by atoms with van der Waals surface area (Å²) in [6.45, 7) is 1.73. The molecule has 2 fully saturated rings. The molecule has 110 valence electrons. The third-order valence-corrected chi connectivity index (χ3v) is 4.19. The molecule has 1 aromatic carbocycles. The highest BCUT2D eigenvalue weighted by Gasteiger charge is 2.47. The van der Waals surface area contributed by atoms with Gasteiger partial charge in [-0.15, -0.1) is 0 Å². The number of non-ortho nitro benzene ring substituents is 1. The number of amides is 3. The number of carbonyl (C=O) groups excluding carboxylic acids is 2. The Balaban J connectivity index is 1.89. The van der Waals surface area contributed by atoms with Gasteiger partial charge in [0.15, 0.2) is 0 Å². The number of nitro groups is 1. The highest BCUT2D eigenvalue weighted by molar-refractivity contribution is 6.21. The second-order valence-electron chi connectivity index (χ2n) is 5.40. The topological polar surface area (TPSA) is 83.8 Å². The molecule has 7 heteroatoms. The molecule has 1 aromatic rings. The first-order valence-corrected chi connectivity index (χ1v) is 6.91. The Morgan fingerprint density at radius 3 is 2.29 bits per heavy atom. The number of nitrogens with zero attached hydrogens (tertiary/aromatic N) is 3. The number of hydrogen-bond donors (Lipinski definition) is 0. The molecule has 1 unspecified atom stereocenters. The summed E-state index contributed by atoms with van der Waals surface area (Å²) in [6, 6.07) is 4.80. The molecule has 1 saturated heterocycles. The molecule has 2 aliphatic rings. The largest absolute Gasteiger partial charge is 0.332 e. The maximum Gasteiger partial charge on any atom is 0.332 e. The van der Waals surface area contributed by atoms with Gasteiger partial charge in [-0.1, -0.05) is 0 Å².